The van der Waals surface area contributed by atoms with Crippen molar-refractivity contribution in [2.45, 2.75) is 5.03 Å². The van der Waals surface area contributed by atoms with Crippen molar-refractivity contribution >= 4 is 74.1 Å². The monoisotopic (exact) mass is 514 g/mol. The first-order chi connectivity index (χ1) is 8.20. The number of hydrogen-bond acceptors (Lipinski definition) is 4. The lowest BCUT2D eigenvalue weighted by Gasteiger charge is -2.13. The zero-order chi connectivity index (χ0) is 12.6. The van der Waals surface area contributed by atoms with Crippen molar-refractivity contribution in [3.63, 3.8) is 0 Å². The molecule has 0 bridgehead atoms. The quantitative estimate of drug-likeness (QED) is 0.182. The molecule has 1 aromatic heterocycles. The second-order valence-corrected chi connectivity index (χ2v) is 12.2. The van der Waals surface area contributed by atoms with Gasteiger partial charge in [0.15, 0.2) is 7.29 Å². The van der Waals surface area contributed by atoms with E-state index in [1.807, 2.05) is 18.2 Å². The lowest BCUT2D eigenvalue weighted by Crippen LogP contribution is -2.15. The van der Waals surface area contributed by atoms with Crippen LogP contribution < -0.4 is 5.09 Å². The molecule has 0 spiro atoms. The fourth-order valence-electron chi connectivity index (χ4n) is 0.906. The molecule has 0 saturated carbocycles. The summed E-state index contributed by atoms with van der Waals surface area (Å²) >= 11 is 4.37. The van der Waals surface area contributed by atoms with E-state index in [0.717, 1.165) is 17.3 Å². The van der Waals surface area contributed by atoms with Gasteiger partial charge in [-0.2, -0.15) is 0 Å². The Bertz CT molecular complexity index is 361. The van der Waals surface area contributed by atoms with Crippen LogP contribution in [0.3, 0.4) is 0 Å². The van der Waals surface area contributed by atoms with Crippen LogP contribution in [0.25, 0.3) is 0 Å². The SMILES string of the molecule is O=P(CI)(CI)NCCSSc1ccccn1. The van der Waals surface area contributed by atoms with Crippen molar-refractivity contribution in [1.29, 1.82) is 0 Å². The number of rotatable bonds is 8. The predicted molar refractivity (Wildman–Crippen MR) is 95.9 cm³/mol. The van der Waals surface area contributed by atoms with E-state index in [0.29, 0.717) is 8.34 Å². The zero-order valence-corrected chi connectivity index (χ0v) is 15.9. The van der Waals surface area contributed by atoms with Crippen molar-refractivity contribution in [3.8, 4) is 0 Å². The van der Waals surface area contributed by atoms with Gasteiger partial charge in [0.2, 0.25) is 0 Å². The van der Waals surface area contributed by atoms with Crippen LogP contribution in [0.5, 0.6) is 0 Å². The van der Waals surface area contributed by atoms with E-state index >= 15 is 0 Å². The highest BCUT2D eigenvalue weighted by Gasteiger charge is 2.16. The minimum atomic E-state index is -2.11. The third kappa shape index (κ3) is 7.00. The van der Waals surface area contributed by atoms with E-state index in [-0.39, 0.29) is 0 Å². The first kappa shape index (κ1) is 16.6. The van der Waals surface area contributed by atoms with E-state index in [4.69, 9.17) is 0 Å². The van der Waals surface area contributed by atoms with Crippen LogP contribution in [0.15, 0.2) is 29.4 Å². The van der Waals surface area contributed by atoms with E-state index in [2.05, 4.69) is 55.3 Å². The van der Waals surface area contributed by atoms with E-state index in [9.17, 15) is 4.57 Å². The Hall–Kier alpha value is 1.50. The van der Waals surface area contributed by atoms with Gasteiger partial charge in [-0.1, -0.05) is 62.0 Å². The molecule has 0 saturated heterocycles. The summed E-state index contributed by atoms with van der Waals surface area (Å²) in [7, 11) is 1.28. The van der Waals surface area contributed by atoms with Crippen LogP contribution >= 0.6 is 74.1 Å². The summed E-state index contributed by atoms with van der Waals surface area (Å²) in [5.41, 5.74) is 0. The molecular weight excluding hydrogens is 501 g/mol. The van der Waals surface area contributed by atoms with Gasteiger partial charge in [0.25, 0.3) is 0 Å². The van der Waals surface area contributed by atoms with Crippen molar-refractivity contribution in [2.24, 2.45) is 0 Å². The van der Waals surface area contributed by atoms with Crippen LogP contribution in [0.4, 0.5) is 0 Å². The molecule has 1 aromatic rings. The summed E-state index contributed by atoms with van der Waals surface area (Å²) in [5.74, 6) is 0.929. The Labute approximate surface area is 137 Å². The summed E-state index contributed by atoms with van der Waals surface area (Å²) in [6.45, 7) is 0.785. The molecule has 17 heavy (non-hydrogen) atoms. The van der Waals surface area contributed by atoms with Gasteiger partial charge in [-0.05, 0) is 22.9 Å². The van der Waals surface area contributed by atoms with Gasteiger partial charge in [-0.3, -0.25) is 5.09 Å². The maximum Gasteiger partial charge on any atom is 0.166 e. The fraction of sp³-hybridized carbons (Fsp3) is 0.444. The average molecular weight is 514 g/mol. The number of halogens is 2. The molecule has 8 heteroatoms. The molecule has 0 aliphatic rings. The van der Waals surface area contributed by atoms with Crippen LogP contribution in [-0.4, -0.2) is 25.6 Å². The third-order valence-corrected chi connectivity index (χ3v) is 12.2. The fourth-order valence-corrected chi connectivity index (χ4v) is 9.26. The topological polar surface area (TPSA) is 42.0 Å². The molecule has 0 atom stereocenters. The van der Waals surface area contributed by atoms with E-state index in [1.54, 1.807) is 27.8 Å². The molecule has 0 unspecified atom stereocenters. The first-order valence-corrected chi connectivity index (χ1v) is 12.3. The van der Waals surface area contributed by atoms with Crippen LogP contribution in [0.1, 0.15) is 0 Å². The lowest BCUT2D eigenvalue weighted by molar-refractivity contribution is 0.574. The predicted octanol–water partition coefficient (Wildman–Crippen LogP) is 4.47. The van der Waals surface area contributed by atoms with Crippen molar-refractivity contribution in [3.05, 3.63) is 24.4 Å². The number of alkyl halides is 2. The lowest BCUT2D eigenvalue weighted by atomic mass is 10.5. The van der Waals surface area contributed by atoms with Gasteiger partial charge < -0.3 is 4.57 Å². The molecule has 1 heterocycles. The maximum absolute atomic E-state index is 12.0. The molecule has 0 aliphatic carbocycles. The molecule has 0 aromatic carbocycles. The number of nitrogens with zero attached hydrogens (tertiary/aromatic N) is 1. The molecule has 3 nitrogen and oxygen atoms in total. The number of nitrogens with one attached hydrogen (secondary N) is 1. The normalized spacial score (nSPS) is 11.6. The summed E-state index contributed by atoms with van der Waals surface area (Å²) in [5, 5.41) is 4.18. The molecular formula is C9H13I2N2OPS2. The minimum absolute atomic E-state index is 0.700. The summed E-state index contributed by atoms with van der Waals surface area (Å²) < 4.78 is 13.4. The Balaban J connectivity index is 2.15. The Kier molecular flexibility index (Phi) is 9.16. The van der Waals surface area contributed by atoms with Gasteiger partial charge >= 0.3 is 0 Å². The van der Waals surface area contributed by atoms with Crippen LogP contribution in [0, 0.1) is 0 Å². The van der Waals surface area contributed by atoms with Crippen molar-refractivity contribution in [2.75, 3.05) is 20.6 Å². The Morgan fingerprint density at radius 2 is 2.12 bits per heavy atom. The number of hydrogen-bond donors (Lipinski definition) is 1. The van der Waals surface area contributed by atoms with Gasteiger partial charge in [0.05, 0.1) is 8.34 Å². The van der Waals surface area contributed by atoms with Gasteiger partial charge in [0, 0.05) is 18.5 Å². The highest BCUT2D eigenvalue weighted by molar-refractivity contribution is 14.1. The molecule has 0 radical (unpaired) electrons. The van der Waals surface area contributed by atoms with Crippen LogP contribution in [-0.2, 0) is 4.57 Å². The maximum atomic E-state index is 12.0. The molecule has 96 valence electrons. The second-order valence-electron chi connectivity index (χ2n) is 3.11. The van der Waals surface area contributed by atoms with Gasteiger partial charge in [0.1, 0.15) is 5.03 Å². The summed E-state index contributed by atoms with van der Waals surface area (Å²) in [6, 6.07) is 5.88. The van der Waals surface area contributed by atoms with Crippen molar-refractivity contribution in [1.82, 2.24) is 10.1 Å². The largest absolute Gasteiger partial charge is 0.305 e. The standard InChI is InChI=1S/C9H13I2N2OPS2/c10-7-15(14,8-11)13-5-6-16-17-9-3-1-2-4-12-9/h1-4H,5-8H2,(H,13,14). The number of aromatic nitrogens is 1. The smallest absolute Gasteiger partial charge is 0.166 e. The molecule has 1 rings (SSSR count). The molecule has 1 N–H and O–H groups in total. The average Bonchev–Trinajstić information content (AvgIpc) is 2.39. The molecule has 0 fully saturated rings. The molecule has 0 amide bonds. The van der Waals surface area contributed by atoms with E-state index < -0.39 is 7.29 Å². The van der Waals surface area contributed by atoms with Crippen LogP contribution in [0.2, 0.25) is 0 Å². The number of pyridine rings is 1. The van der Waals surface area contributed by atoms with E-state index in [1.165, 1.54) is 0 Å². The van der Waals surface area contributed by atoms with Crippen molar-refractivity contribution < 1.29 is 4.57 Å². The Morgan fingerprint density at radius 1 is 1.35 bits per heavy atom. The van der Waals surface area contributed by atoms with Gasteiger partial charge in [-0.25, -0.2) is 4.98 Å². The zero-order valence-electron chi connectivity index (χ0n) is 9.01. The first-order valence-electron chi connectivity index (χ1n) is 4.86. The molecule has 0 aliphatic heterocycles. The third-order valence-electron chi connectivity index (χ3n) is 1.75. The Morgan fingerprint density at radius 3 is 2.71 bits per heavy atom. The summed E-state index contributed by atoms with van der Waals surface area (Å²) in [4.78, 5) is 4.22. The second kappa shape index (κ2) is 9.41. The highest BCUT2D eigenvalue weighted by Crippen LogP contribution is 2.44. The van der Waals surface area contributed by atoms with Gasteiger partial charge in [-0.15, -0.1) is 0 Å². The summed E-state index contributed by atoms with van der Waals surface area (Å²) in [6.07, 6.45) is 1.79. The minimum Gasteiger partial charge on any atom is -0.305 e. The highest BCUT2D eigenvalue weighted by atomic mass is 127.